The maximum atomic E-state index is 12.3. The molecular formula is C17H27N3O2S. The molecular weight excluding hydrogens is 310 g/mol. The standard InChI is InChI=1S/C17H27N3O2S/c21-14(20-9-8-17(11-20)6-3-7-17)5-2-1-4-13-15-12(10-23-13)18-16(22)19-15/h12-13,15H,1-11H2,(H2,18,19,22)/t12-,13+,15+/m1/s1. The van der Waals surface area contributed by atoms with Crippen molar-refractivity contribution in [3.63, 3.8) is 0 Å². The molecule has 1 saturated carbocycles. The van der Waals surface area contributed by atoms with Gasteiger partial charge in [0.2, 0.25) is 5.91 Å². The van der Waals surface area contributed by atoms with E-state index in [1.54, 1.807) is 0 Å². The first-order valence-electron chi connectivity index (χ1n) is 9.12. The number of carbonyl (C=O) groups excluding carboxylic acids is 2. The number of fused-ring (bicyclic) bond motifs is 1. The highest BCUT2D eigenvalue weighted by atomic mass is 32.2. The van der Waals surface area contributed by atoms with Crippen molar-refractivity contribution < 1.29 is 9.59 Å². The molecule has 0 unspecified atom stereocenters. The molecule has 2 N–H and O–H groups in total. The van der Waals surface area contributed by atoms with Crippen LogP contribution in [-0.2, 0) is 4.79 Å². The Balaban J connectivity index is 1.15. The highest BCUT2D eigenvalue weighted by Crippen LogP contribution is 2.48. The molecule has 1 aliphatic carbocycles. The summed E-state index contributed by atoms with van der Waals surface area (Å²) in [6.45, 7) is 2.00. The van der Waals surface area contributed by atoms with Crippen LogP contribution in [0.3, 0.4) is 0 Å². The van der Waals surface area contributed by atoms with E-state index in [0.717, 1.165) is 38.1 Å². The van der Waals surface area contributed by atoms with Gasteiger partial charge < -0.3 is 15.5 Å². The molecule has 0 aromatic rings. The van der Waals surface area contributed by atoms with Crippen molar-refractivity contribution >= 4 is 23.7 Å². The van der Waals surface area contributed by atoms with E-state index in [-0.39, 0.29) is 6.03 Å². The van der Waals surface area contributed by atoms with Gasteiger partial charge in [0.25, 0.3) is 0 Å². The SMILES string of the molecule is O=C1N[C@@H]2[C@H](CCCCC(=O)N3CCC4(CCC4)C3)SC[C@H]2N1. The molecule has 23 heavy (non-hydrogen) atoms. The van der Waals surface area contributed by atoms with Gasteiger partial charge in [-0.3, -0.25) is 4.79 Å². The summed E-state index contributed by atoms with van der Waals surface area (Å²) >= 11 is 1.96. The zero-order valence-corrected chi connectivity index (χ0v) is 14.5. The lowest BCUT2D eigenvalue weighted by Gasteiger charge is -2.38. The van der Waals surface area contributed by atoms with Crippen molar-refractivity contribution in [1.29, 1.82) is 0 Å². The number of thioether (sulfide) groups is 1. The molecule has 3 heterocycles. The topological polar surface area (TPSA) is 61.4 Å². The van der Waals surface area contributed by atoms with Crippen LogP contribution in [0.15, 0.2) is 0 Å². The molecule has 0 bridgehead atoms. The second kappa shape index (κ2) is 6.19. The van der Waals surface area contributed by atoms with Gasteiger partial charge in [-0.05, 0) is 37.5 Å². The summed E-state index contributed by atoms with van der Waals surface area (Å²) in [5.74, 6) is 1.38. The third kappa shape index (κ3) is 3.06. The third-order valence-corrected chi connectivity index (χ3v) is 7.78. The third-order valence-electron chi connectivity index (χ3n) is 6.27. The zero-order chi connectivity index (χ0) is 15.9. The summed E-state index contributed by atoms with van der Waals surface area (Å²) in [4.78, 5) is 25.8. The van der Waals surface area contributed by atoms with Crippen LogP contribution in [0.2, 0.25) is 0 Å². The molecule has 5 nitrogen and oxygen atoms in total. The summed E-state index contributed by atoms with van der Waals surface area (Å²) in [6.07, 6.45) is 9.12. The van der Waals surface area contributed by atoms with Gasteiger partial charge in [0.1, 0.15) is 0 Å². The number of nitrogens with zero attached hydrogens (tertiary/aromatic N) is 1. The molecule has 3 amide bonds. The Morgan fingerprint density at radius 2 is 2.13 bits per heavy atom. The first-order chi connectivity index (χ1) is 11.2. The summed E-state index contributed by atoms with van der Waals surface area (Å²) in [7, 11) is 0. The smallest absolute Gasteiger partial charge is 0.315 e. The minimum atomic E-state index is -0.0144. The lowest BCUT2D eigenvalue weighted by Crippen LogP contribution is -2.37. The van der Waals surface area contributed by atoms with E-state index in [4.69, 9.17) is 0 Å². The van der Waals surface area contributed by atoms with Gasteiger partial charge >= 0.3 is 6.03 Å². The summed E-state index contributed by atoms with van der Waals surface area (Å²) in [5, 5.41) is 6.53. The predicted molar refractivity (Wildman–Crippen MR) is 91.4 cm³/mol. The van der Waals surface area contributed by atoms with Gasteiger partial charge in [0.05, 0.1) is 12.1 Å². The van der Waals surface area contributed by atoms with Crippen molar-refractivity contribution in [2.24, 2.45) is 5.41 Å². The highest BCUT2D eigenvalue weighted by Gasteiger charge is 2.44. The quantitative estimate of drug-likeness (QED) is 0.597. The number of nitrogens with one attached hydrogen (secondary N) is 2. The fourth-order valence-corrected chi connectivity index (χ4v) is 6.20. The Hall–Kier alpha value is -0.910. The Morgan fingerprint density at radius 1 is 1.26 bits per heavy atom. The van der Waals surface area contributed by atoms with Crippen LogP contribution in [0.1, 0.15) is 51.4 Å². The van der Waals surface area contributed by atoms with Gasteiger partial charge in [-0.1, -0.05) is 12.8 Å². The Labute approximate surface area is 142 Å². The van der Waals surface area contributed by atoms with Gasteiger partial charge in [0.15, 0.2) is 0 Å². The van der Waals surface area contributed by atoms with Gasteiger partial charge in [-0.2, -0.15) is 11.8 Å². The molecule has 3 atom stereocenters. The van der Waals surface area contributed by atoms with Crippen LogP contribution < -0.4 is 10.6 Å². The Morgan fingerprint density at radius 3 is 2.87 bits per heavy atom. The van der Waals surface area contributed by atoms with Crippen LogP contribution >= 0.6 is 11.8 Å². The number of urea groups is 1. The van der Waals surface area contributed by atoms with E-state index in [0.29, 0.717) is 35.1 Å². The van der Waals surface area contributed by atoms with Gasteiger partial charge in [0, 0.05) is 30.5 Å². The number of rotatable bonds is 5. The number of carbonyl (C=O) groups is 2. The van der Waals surface area contributed by atoms with Crippen LogP contribution in [-0.4, -0.2) is 53.0 Å². The van der Waals surface area contributed by atoms with Crippen molar-refractivity contribution in [2.75, 3.05) is 18.8 Å². The number of amides is 3. The largest absolute Gasteiger partial charge is 0.342 e. The van der Waals surface area contributed by atoms with E-state index in [1.807, 2.05) is 11.8 Å². The van der Waals surface area contributed by atoms with Crippen molar-refractivity contribution in [3.05, 3.63) is 0 Å². The second-order valence-corrected chi connectivity index (χ2v) is 9.06. The van der Waals surface area contributed by atoms with Crippen molar-refractivity contribution in [1.82, 2.24) is 15.5 Å². The highest BCUT2D eigenvalue weighted by molar-refractivity contribution is 8.00. The summed E-state index contributed by atoms with van der Waals surface area (Å²) in [6, 6.07) is 0.585. The molecule has 0 radical (unpaired) electrons. The predicted octanol–water partition coefficient (Wildman–Crippen LogP) is 2.11. The van der Waals surface area contributed by atoms with Crippen LogP contribution in [0.25, 0.3) is 0 Å². The lowest BCUT2D eigenvalue weighted by atomic mass is 9.68. The molecule has 128 valence electrons. The molecule has 3 saturated heterocycles. The average molecular weight is 337 g/mol. The molecule has 1 spiro atoms. The number of likely N-dealkylation sites (tertiary alicyclic amines) is 1. The normalized spacial score (nSPS) is 34.2. The Bertz CT molecular complexity index is 494. The van der Waals surface area contributed by atoms with Crippen LogP contribution in [0, 0.1) is 5.41 Å². The molecule has 4 rings (SSSR count). The lowest BCUT2D eigenvalue weighted by molar-refractivity contribution is -0.131. The molecule has 4 fully saturated rings. The first kappa shape index (κ1) is 15.6. The molecule has 0 aromatic heterocycles. The minimum absolute atomic E-state index is 0.0144. The molecule has 6 heteroatoms. The maximum absolute atomic E-state index is 12.3. The summed E-state index contributed by atoms with van der Waals surface area (Å²) < 4.78 is 0. The first-order valence-corrected chi connectivity index (χ1v) is 10.2. The number of unbranched alkanes of at least 4 members (excludes halogenated alkanes) is 1. The molecule has 0 aromatic carbocycles. The fourth-order valence-electron chi connectivity index (χ4n) is 4.66. The molecule has 4 aliphatic rings. The van der Waals surface area contributed by atoms with Gasteiger partial charge in [-0.15, -0.1) is 0 Å². The van der Waals surface area contributed by atoms with E-state index in [1.165, 1.54) is 25.7 Å². The van der Waals surface area contributed by atoms with Crippen LogP contribution in [0.5, 0.6) is 0 Å². The second-order valence-electron chi connectivity index (χ2n) is 7.79. The number of hydrogen-bond donors (Lipinski definition) is 2. The maximum Gasteiger partial charge on any atom is 0.315 e. The van der Waals surface area contributed by atoms with E-state index < -0.39 is 0 Å². The summed E-state index contributed by atoms with van der Waals surface area (Å²) in [5.41, 5.74) is 0.513. The monoisotopic (exact) mass is 337 g/mol. The average Bonchev–Trinajstić information content (AvgIpc) is 3.17. The zero-order valence-electron chi connectivity index (χ0n) is 13.7. The Kier molecular flexibility index (Phi) is 4.20. The van der Waals surface area contributed by atoms with Crippen LogP contribution in [0.4, 0.5) is 4.79 Å². The number of hydrogen-bond acceptors (Lipinski definition) is 3. The van der Waals surface area contributed by atoms with E-state index >= 15 is 0 Å². The minimum Gasteiger partial charge on any atom is -0.342 e. The van der Waals surface area contributed by atoms with E-state index in [9.17, 15) is 9.59 Å². The van der Waals surface area contributed by atoms with Crippen molar-refractivity contribution in [3.8, 4) is 0 Å². The van der Waals surface area contributed by atoms with E-state index in [2.05, 4.69) is 15.5 Å². The molecule has 3 aliphatic heterocycles. The fraction of sp³-hybridized carbons (Fsp3) is 0.882. The van der Waals surface area contributed by atoms with Gasteiger partial charge in [-0.25, -0.2) is 4.79 Å². The van der Waals surface area contributed by atoms with Crippen molar-refractivity contribution in [2.45, 2.75) is 68.7 Å².